The highest BCUT2D eigenvalue weighted by molar-refractivity contribution is 5.95. The van der Waals surface area contributed by atoms with Gasteiger partial charge in [-0.25, -0.2) is 4.98 Å². The molecule has 0 saturated carbocycles. The molecule has 6 heteroatoms. The minimum atomic E-state index is -0.207. The lowest BCUT2D eigenvalue weighted by atomic mass is 10.1. The maximum absolute atomic E-state index is 8.49. The van der Waals surface area contributed by atoms with Gasteiger partial charge < -0.3 is 20.4 Å². The van der Waals surface area contributed by atoms with Crippen LogP contribution >= 0.6 is 0 Å². The number of nitrogens with two attached hydrogens (primary N) is 1. The lowest BCUT2D eigenvalue weighted by Crippen LogP contribution is -2.25. The summed E-state index contributed by atoms with van der Waals surface area (Å²) in [4.78, 5) is 4.01. The Bertz CT molecular complexity index is 402. The van der Waals surface area contributed by atoms with E-state index in [9.17, 15) is 0 Å². The van der Waals surface area contributed by atoms with Crippen LogP contribution in [0.25, 0.3) is 0 Å². The molecule has 0 atom stereocenters. The SMILES string of the molecule is COC(C)(C)CCOc1ccc(/C(N)=N/O)nc1. The second-order valence-corrected chi connectivity index (χ2v) is 4.43. The average molecular weight is 253 g/mol. The molecule has 1 heterocycles. The van der Waals surface area contributed by atoms with Crippen LogP contribution in [0.2, 0.25) is 0 Å². The lowest BCUT2D eigenvalue weighted by molar-refractivity contribution is 0.00542. The van der Waals surface area contributed by atoms with Crippen molar-refractivity contribution in [3.8, 4) is 5.75 Å². The molecule has 0 fully saturated rings. The fraction of sp³-hybridized carbons (Fsp3) is 0.500. The van der Waals surface area contributed by atoms with Crippen molar-refractivity contribution in [2.24, 2.45) is 10.9 Å². The number of hydrogen-bond acceptors (Lipinski definition) is 5. The van der Waals surface area contributed by atoms with Crippen molar-refractivity contribution in [3.05, 3.63) is 24.0 Å². The van der Waals surface area contributed by atoms with E-state index in [1.807, 2.05) is 13.8 Å². The summed E-state index contributed by atoms with van der Waals surface area (Å²) in [5.74, 6) is 0.610. The van der Waals surface area contributed by atoms with Crippen molar-refractivity contribution in [2.45, 2.75) is 25.9 Å². The normalized spacial score (nSPS) is 12.5. The summed E-state index contributed by atoms with van der Waals surface area (Å²) in [5, 5.41) is 11.4. The van der Waals surface area contributed by atoms with Crippen LogP contribution in [-0.4, -0.2) is 35.3 Å². The van der Waals surface area contributed by atoms with E-state index in [0.717, 1.165) is 6.42 Å². The van der Waals surface area contributed by atoms with E-state index in [4.69, 9.17) is 20.4 Å². The van der Waals surface area contributed by atoms with Gasteiger partial charge in [-0.2, -0.15) is 0 Å². The maximum atomic E-state index is 8.49. The van der Waals surface area contributed by atoms with Crippen LogP contribution in [0.1, 0.15) is 26.0 Å². The first kappa shape index (κ1) is 14.2. The number of nitrogens with zero attached hydrogens (tertiary/aromatic N) is 2. The molecule has 1 rings (SSSR count). The van der Waals surface area contributed by atoms with Gasteiger partial charge in [0, 0.05) is 13.5 Å². The van der Waals surface area contributed by atoms with Crippen LogP contribution in [0.15, 0.2) is 23.5 Å². The summed E-state index contributed by atoms with van der Waals surface area (Å²) >= 11 is 0. The van der Waals surface area contributed by atoms with E-state index in [2.05, 4.69) is 10.1 Å². The number of amidine groups is 1. The third-order valence-electron chi connectivity index (χ3n) is 2.63. The Kier molecular flexibility index (Phi) is 4.91. The second-order valence-electron chi connectivity index (χ2n) is 4.43. The first-order chi connectivity index (χ1) is 8.48. The Hall–Kier alpha value is -1.82. The largest absolute Gasteiger partial charge is 0.492 e. The first-order valence-electron chi connectivity index (χ1n) is 5.60. The molecule has 0 aliphatic heterocycles. The molecule has 0 aliphatic carbocycles. The van der Waals surface area contributed by atoms with Gasteiger partial charge in [-0.3, -0.25) is 0 Å². The molecule has 0 spiro atoms. The number of hydrogen-bond donors (Lipinski definition) is 2. The molecule has 0 radical (unpaired) electrons. The zero-order valence-electron chi connectivity index (χ0n) is 10.9. The van der Waals surface area contributed by atoms with Gasteiger partial charge in [0.15, 0.2) is 5.84 Å². The third kappa shape index (κ3) is 4.21. The molecular weight excluding hydrogens is 234 g/mol. The number of pyridine rings is 1. The molecule has 0 aliphatic rings. The van der Waals surface area contributed by atoms with Crippen molar-refractivity contribution in [3.63, 3.8) is 0 Å². The number of ether oxygens (including phenoxy) is 2. The molecule has 3 N–H and O–H groups in total. The molecule has 18 heavy (non-hydrogen) atoms. The van der Waals surface area contributed by atoms with Crippen molar-refractivity contribution < 1.29 is 14.7 Å². The zero-order chi connectivity index (χ0) is 13.6. The highest BCUT2D eigenvalue weighted by Gasteiger charge is 2.15. The number of rotatable bonds is 6. The monoisotopic (exact) mass is 253 g/mol. The summed E-state index contributed by atoms with van der Waals surface area (Å²) in [6.07, 6.45) is 2.30. The molecule has 6 nitrogen and oxygen atoms in total. The predicted molar refractivity (Wildman–Crippen MR) is 67.9 cm³/mol. The van der Waals surface area contributed by atoms with Crippen LogP contribution in [0, 0.1) is 0 Å². The first-order valence-corrected chi connectivity index (χ1v) is 5.60. The number of aromatic nitrogens is 1. The fourth-order valence-corrected chi connectivity index (χ4v) is 1.19. The molecule has 0 saturated heterocycles. The van der Waals surface area contributed by atoms with E-state index in [1.54, 1.807) is 19.2 Å². The van der Waals surface area contributed by atoms with Crippen LogP contribution in [0.3, 0.4) is 0 Å². The van der Waals surface area contributed by atoms with Gasteiger partial charge in [-0.1, -0.05) is 5.16 Å². The third-order valence-corrected chi connectivity index (χ3v) is 2.63. The highest BCUT2D eigenvalue weighted by atomic mass is 16.5. The van der Waals surface area contributed by atoms with Crippen molar-refractivity contribution in [1.82, 2.24) is 4.98 Å². The molecule has 0 aromatic carbocycles. The van der Waals surface area contributed by atoms with Gasteiger partial charge in [-0.15, -0.1) is 0 Å². The van der Waals surface area contributed by atoms with Crippen LogP contribution < -0.4 is 10.5 Å². The standard InChI is InChI=1S/C12H19N3O3/c1-12(2,17-3)6-7-18-9-4-5-10(14-8-9)11(13)15-16/h4-5,8,16H,6-7H2,1-3H3,(H2,13,15). The molecule has 1 aromatic rings. The van der Waals surface area contributed by atoms with Gasteiger partial charge in [0.2, 0.25) is 0 Å². The topological polar surface area (TPSA) is 90.0 Å². The van der Waals surface area contributed by atoms with Gasteiger partial charge in [-0.05, 0) is 26.0 Å². The van der Waals surface area contributed by atoms with Crippen LogP contribution in [0.5, 0.6) is 5.75 Å². The molecule has 0 amide bonds. The second kappa shape index (κ2) is 6.20. The fourth-order valence-electron chi connectivity index (χ4n) is 1.19. The van der Waals surface area contributed by atoms with Gasteiger partial charge >= 0.3 is 0 Å². The Morgan fingerprint density at radius 1 is 1.50 bits per heavy atom. The van der Waals surface area contributed by atoms with Crippen molar-refractivity contribution >= 4 is 5.84 Å². The summed E-state index contributed by atoms with van der Waals surface area (Å²) in [6.45, 7) is 4.53. The van der Waals surface area contributed by atoms with Gasteiger partial charge in [0.05, 0.1) is 18.4 Å². The smallest absolute Gasteiger partial charge is 0.188 e. The van der Waals surface area contributed by atoms with Crippen LogP contribution in [-0.2, 0) is 4.74 Å². The van der Waals surface area contributed by atoms with E-state index in [1.165, 1.54) is 6.20 Å². The molecule has 0 unspecified atom stereocenters. The quantitative estimate of drug-likeness (QED) is 0.346. The Balaban J connectivity index is 2.50. The van der Waals surface area contributed by atoms with Gasteiger partial charge in [0.25, 0.3) is 0 Å². The van der Waals surface area contributed by atoms with Crippen LogP contribution in [0.4, 0.5) is 0 Å². The maximum Gasteiger partial charge on any atom is 0.188 e. The van der Waals surface area contributed by atoms with Crippen molar-refractivity contribution in [1.29, 1.82) is 0 Å². The minimum absolute atomic E-state index is 0.0259. The summed E-state index contributed by atoms with van der Waals surface area (Å²) in [5.41, 5.74) is 5.60. The minimum Gasteiger partial charge on any atom is -0.492 e. The number of oxime groups is 1. The Morgan fingerprint density at radius 2 is 2.22 bits per heavy atom. The predicted octanol–water partition coefficient (Wildman–Crippen LogP) is 1.37. The molecule has 100 valence electrons. The Labute approximate surface area is 106 Å². The van der Waals surface area contributed by atoms with E-state index >= 15 is 0 Å². The average Bonchev–Trinajstić information content (AvgIpc) is 2.38. The Morgan fingerprint density at radius 3 is 2.72 bits per heavy atom. The van der Waals surface area contributed by atoms with E-state index in [-0.39, 0.29) is 11.4 Å². The van der Waals surface area contributed by atoms with Crippen molar-refractivity contribution in [2.75, 3.05) is 13.7 Å². The summed E-state index contributed by atoms with van der Waals surface area (Å²) in [6, 6.07) is 3.35. The lowest BCUT2D eigenvalue weighted by Gasteiger charge is -2.22. The molecular formula is C12H19N3O3. The highest BCUT2D eigenvalue weighted by Crippen LogP contribution is 2.15. The summed E-state index contributed by atoms with van der Waals surface area (Å²) < 4.78 is 10.8. The zero-order valence-corrected chi connectivity index (χ0v) is 10.9. The molecule has 1 aromatic heterocycles. The van der Waals surface area contributed by atoms with E-state index < -0.39 is 0 Å². The van der Waals surface area contributed by atoms with Gasteiger partial charge in [0.1, 0.15) is 11.4 Å². The molecule has 0 bridgehead atoms. The number of methoxy groups -OCH3 is 1. The summed E-state index contributed by atoms with van der Waals surface area (Å²) in [7, 11) is 1.67. The van der Waals surface area contributed by atoms with E-state index in [0.29, 0.717) is 18.1 Å².